The van der Waals surface area contributed by atoms with Crippen LogP contribution in [0, 0.1) is 0 Å². The SMILES string of the molecule is CCC(CC)(CN)Nc1ccncn1. The van der Waals surface area contributed by atoms with E-state index in [9.17, 15) is 0 Å². The van der Waals surface area contributed by atoms with Gasteiger partial charge < -0.3 is 11.1 Å². The summed E-state index contributed by atoms with van der Waals surface area (Å²) in [5.41, 5.74) is 5.74. The highest BCUT2D eigenvalue weighted by Crippen LogP contribution is 2.18. The Kier molecular flexibility index (Phi) is 3.83. The van der Waals surface area contributed by atoms with E-state index in [1.165, 1.54) is 6.33 Å². The lowest BCUT2D eigenvalue weighted by molar-refractivity contribution is 0.443. The van der Waals surface area contributed by atoms with Gasteiger partial charge in [0.25, 0.3) is 0 Å². The summed E-state index contributed by atoms with van der Waals surface area (Å²) < 4.78 is 0. The van der Waals surface area contributed by atoms with Gasteiger partial charge in [0.05, 0.1) is 5.54 Å². The third-order valence-electron chi connectivity index (χ3n) is 2.72. The summed E-state index contributed by atoms with van der Waals surface area (Å²) in [4.78, 5) is 8.00. The molecule has 78 valence electrons. The third kappa shape index (κ3) is 2.42. The van der Waals surface area contributed by atoms with Crippen LogP contribution in [-0.2, 0) is 0 Å². The summed E-state index contributed by atoms with van der Waals surface area (Å²) in [6.07, 6.45) is 5.24. The van der Waals surface area contributed by atoms with Gasteiger partial charge in [-0.2, -0.15) is 0 Å². The van der Waals surface area contributed by atoms with Crippen molar-refractivity contribution in [2.75, 3.05) is 11.9 Å². The van der Waals surface area contributed by atoms with Crippen LogP contribution in [0.15, 0.2) is 18.6 Å². The average molecular weight is 194 g/mol. The molecule has 1 heterocycles. The molecule has 1 aromatic heterocycles. The van der Waals surface area contributed by atoms with E-state index in [2.05, 4.69) is 29.1 Å². The highest BCUT2D eigenvalue weighted by atomic mass is 15.1. The van der Waals surface area contributed by atoms with Gasteiger partial charge in [0.2, 0.25) is 0 Å². The van der Waals surface area contributed by atoms with Crippen molar-refractivity contribution in [2.45, 2.75) is 32.2 Å². The lowest BCUT2D eigenvalue weighted by atomic mass is 9.93. The van der Waals surface area contributed by atoms with E-state index < -0.39 is 0 Å². The van der Waals surface area contributed by atoms with Crippen LogP contribution in [0.5, 0.6) is 0 Å². The van der Waals surface area contributed by atoms with E-state index >= 15 is 0 Å². The number of nitrogens with two attached hydrogens (primary N) is 1. The monoisotopic (exact) mass is 194 g/mol. The van der Waals surface area contributed by atoms with Crippen LogP contribution in [-0.4, -0.2) is 22.1 Å². The van der Waals surface area contributed by atoms with Crippen LogP contribution in [0.2, 0.25) is 0 Å². The Balaban J connectivity index is 2.74. The first kappa shape index (κ1) is 10.9. The maximum Gasteiger partial charge on any atom is 0.129 e. The summed E-state index contributed by atoms with van der Waals surface area (Å²) in [6.45, 7) is 4.87. The van der Waals surface area contributed by atoms with Crippen molar-refractivity contribution in [3.05, 3.63) is 18.6 Å². The maximum absolute atomic E-state index is 5.77. The largest absolute Gasteiger partial charge is 0.363 e. The Labute approximate surface area is 85.0 Å². The van der Waals surface area contributed by atoms with Gasteiger partial charge in [-0.1, -0.05) is 13.8 Å². The van der Waals surface area contributed by atoms with Gasteiger partial charge in [0.15, 0.2) is 0 Å². The molecule has 0 atom stereocenters. The average Bonchev–Trinajstić information content (AvgIpc) is 2.28. The van der Waals surface area contributed by atoms with Crippen molar-refractivity contribution in [1.82, 2.24) is 9.97 Å². The molecule has 0 aliphatic rings. The molecule has 0 radical (unpaired) electrons. The molecule has 1 rings (SSSR count). The second-order valence-corrected chi connectivity index (χ2v) is 3.41. The molecule has 0 bridgehead atoms. The first-order chi connectivity index (χ1) is 6.76. The van der Waals surface area contributed by atoms with Gasteiger partial charge in [-0.25, -0.2) is 9.97 Å². The number of hydrogen-bond acceptors (Lipinski definition) is 4. The molecule has 0 fully saturated rings. The second kappa shape index (κ2) is 4.91. The molecule has 0 saturated carbocycles. The minimum atomic E-state index is -0.0334. The Morgan fingerprint density at radius 1 is 1.43 bits per heavy atom. The molecule has 0 spiro atoms. The molecular weight excluding hydrogens is 176 g/mol. The predicted molar refractivity (Wildman–Crippen MR) is 58.0 cm³/mol. The van der Waals surface area contributed by atoms with E-state index in [4.69, 9.17) is 5.73 Å². The number of rotatable bonds is 5. The molecule has 4 heteroatoms. The summed E-state index contributed by atoms with van der Waals surface area (Å²) in [7, 11) is 0. The molecule has 0 amide bonds. The highest BCUT2D eigenvalue weighted by molar-refractivity contribution is 5.35. The smallest absolute Gasteiger partial charge is 0.129 e. The molecule has 0 aromatic carbocycles. The Bertz CT molecular complexity index is 248. The molecule has 1 aromatic rings. The molecule has 0 aliphatic heterocycles. The number of nitrogens with zero attached hydrogens (tertiary/aromatic N) is 2. The van der Waals surface area contributed by atoms with Crippen molar-refractivity contribution >= 4 is 5.82 Å². The Hall–Kier alpha value is -1.16. The van der Waals surface area contributed by atoms with Crippen molar-refractivity contribution in [3.63, 3.8) is 0 Å². The van der Waals surface area contributed by atoms with Gasteiger partial charge in [0.1, 0.15) is 12.1 Å². The number of nitrogens with one attached hydrogen (secondary N) is 1. The second-order valence-electron chi connectivity index (χ2n) is 3.41. The Morgan fingerprint density at radius 2 is 2.14 bits per heavy atom. The first-order valence-corrected chi connectivity index (χ1v) is 5.00. The van der Waals surface area contributed by atoms with Crippen molar-refractivity contribution < 1.29 is 0 Å². The topological polar surface area (TPSA) is 63.8 Å². The third-order valence-corrected chi connectivity index (χ3v) is 2.72. The van der Waals surface area contributed by atoms with Gasteiger partial charge in [-0.05, 0) is 18.9 Å². The summed E-state index contributed by atoms with van der Waals surface area (Å²) >= 11 is 0. The summed E-state index contributed by atoms with van der Waals surface area (Å²) in [6, 6.07) is 1.86. The normalized spacial score (nSPS) is 11.4. The zero-order chi connectivity index (χ0) is 10.4. The van der Waals surface area contributed by atoms with Gasteiger partial charge in [-0.15, -0.1) is 0 Å². The molecule has 4 nitrogen and oxygen atoms in total. The first-order valence-electron chi connectivity index (χ1n) is 5.00. The van der Waals surface area contributed by atoms with Crippen LogP contribution in [0.4, 0.5) is 5.82 Å². The molecular formula is C10H18N4. The fraction of sp³-hybridized carbons (Fsp3) is 0.600. The lowest BCUT2D eigenvalue weighted by Gasteiger charge is -2.31. The van der Waals surface area contributed by atoms with Gasteiger partial charge in [-0.3, -0.25) is 0 Å². The lowest BCUT2D eigenvalue weighted by Crippen LogP contribution is -2.44. The van der Waals surface area contributed by atoms with Gasteiger partial charge in [0, 0.05) is 12.7 Å². The molecule has 14 heavy (non-hydrogen) atoms. The minimum Gasteiger partial charge on any atom is -0.363 e. The van der Waals surface area contributed by atoms with Crippen molar-refractivity contribution in [3.8, 4) is 0 Å². The standard InChI is InChI=1S/C10H18N4/c1-3-10(4-2,7-11)14-9-5-6-12-8-13-9/h5-6,8H,3-4,7,11H2,1-2H3,(H,12,13,14). The van der Waals surface area contributed by atoms with E-state index in [1.807, 2.05) is 6.07 Å². The quantitative estimate of drug-likeness (QED) is 0.743. The predicted octanol–water partition coefficient (Wildman–Crippen LogP) is 1.41. The number of hydrogen-bond donors (Lipinski definition) is 2. The fourth-order valence-electron chi connectivity index (χ4n) is 1.40. The van der Waals surface area contributed by atoms with E-state index in [1.54, 1.807) is 6.20 Å². The minimum absolute atomic E-state index is 0.0334. The fourth-order valence-corrected chi connectivity index (χ4v) is 1.40. The van der Waals surface area contributed by atoms with Crippen molar-refractivity contribution in [2.24, 2.45) is 5.73 Å². The maximum atomic E-state index is 5.77. The zero-order valence-electron chi connectivity index (χ0n) is 8.83. The van der Waals surface area contributed by atoms with Crippen LogP contribution >= 0.6 is 0 Å². The number of aromatic nitrogens is 2. The van der Waals surface area contributed by atoms with Crippen LogP contribution < -0.4 is 11.1 Å². The molecule has 0 saturated heterocycles. The molecule has 3 N–H and O–H groups in total. The van der Waals surface area contributed by atoms with Crippen LogP contribution in [0.25, 0.3) is 0 Å². The van der Waals surface area contributed by atoms with Crippen LogP contribution in [0.1, 0.15) is 26.7 Å². The summed E-state index contributed by atoms with van der Waals surface area (Å²) in [5, 5.41) is 3.37. The van der Waals surface area contributed by atoms with Gasteiger partial charge >= 0.3 is 0 Å². The van der Waals surface area contributed by atoms with E-state index in [0.717, 1.165) is 18.7 Å². The number of anilines is 1. The Morgan fingerprint density at radius 3 is 2.57 bits per heavy atom. The highest BCUT2D eigenvalue weighted by Gasteiger charge is 2.23. The summed E-state index contributed by atoms with van der Waals surface area (Å²) in [5.74, 6) is 0.842. The van der Waals surface area contributed by atoms with E-state index in [-0.39, 0.29) is 5.54 Å². The molecule has 0 aliphatic carbocycles. The van der Waals surface area contributed by atoms with E-state index in [0.29, 0.717) is 6.54 Å². The zero-order valence-corrected chi connectivity index (χ0v) is 8.83. The van der Waals surface area contributed by atoms with Crippen molar-refractivity contribution in [1.29, 1.82) is 0 Å². The van der Waals surface area contributed by atoms with Crippen LogP contribution in [0.3, 0.4) is 0 Å². The molecule has 0 unspecified atom stereocenters.